The molecule has 0 aromatic heterocycles. The summed E-state index contributed by atoms with van der Waals surface area (Å²) >= 11 is 0.111. The summed E-state index contributed by atoms with van der Waals surface area (Å²) in [5.74, 6) is 0. The van der Waals surface area contributed by atoms with E-state index in [4.69, 9.17) is 5.50 Å². The average molecular weight is 674 g/mol. The maximum atomic E-state index is 8.39. The van der Waals surface area contributed by atoms with Gasteiger partial charge >= 0.3 is 56.0 Å². The fourth-order valence-corrected chi connectivity index (χ4v) is 0. The standard InChI is InChI=1S/Bi.6H2O.2O.Pb.V.Zn.H/h;6*1H2;;;;;;. The summed E-state index contributed by atoms with van der Waals surface area (Å²) in [6.45, 7) is 0. The second-order valence-electron chi connectivity index (χ2n) is 0. The van der Waals surface area contributed by atoms with Crippen molar-refractivity contribution in [3.8, 4) is 0 Å². The van der Waals surface area contributed by atoms with Gasteiger partial charge in [0, 0.05) is 38.0 Å². The molecule has 12 heavy (non-hydrogen) atoms. The molecule has 0 aromatic carbocycles. The fourth-order valence-electron chi connectivity index (χ4n) is 0. The number of hydrogen-bond donors (Lipinski definition) is 0. The predicted molar refractivity (Wildman–Crippen MR) is 36.0 cm³/mol. The Morgan fingerprint density at radius 3 is 0.667 bits per heavy atom. The minimum atomic E-state index is 0. The van der Waals surface area contributed by atoms with Crippen molar-refractivity contribution in [3.05, 3.63) is 0 Å². The summed E-state index contributed by atoms with van der Waals surface area (Å²) in [5.41, 5.74) is 0. The second kappa shape index (κ2) is 364. The Balaban J connectivity index is -0.000000000500. The van der Waals surface area contributed by atoms with E-state index in [9.17, 15) is 0 Å². The quantitative estimate of drug-likeness (QED) is 0.229. The van der Waals surface area contributed by atoms with Gasteiger partial charge in [0.2, 0.25) is 0 Å². The minimum Gasteiger partial charge on any atom is 0 e. The van der Waals surface area contributed by atoms with Gasteiger partial charge in [-0.2, -0.15) is 0 Å². The Bertz CT molecular complexity index is 21.0. The van der Waals surface area contributed by atoms with E-state index in [0.717, 1.165) is 0 Å². The van der Waals surface area contributed by atoms with Crippen LogP contribution in [0.2, 0.25) is 0 Å². The molecule has 0 bridgehead atoms. The van der Waals surface area contributed by atoms with E-state index in [0.29, 0.717) is 0 Å². The first-order valence-corrected chi connectivity index (χ1v) is 3.58. The molecule has 0 aliphatic heterocycles. The van der Waals surface area contributed by atoms with Crippen molar-refractivity contribution < 1.29 is 76.4 Å². The van der Waals surface area contributed by atoms with Crippen molar-refractivity contribution in [2.24, 2.45) is 0 Å². The van der Waals surface area contributed by atoms with Crippen LogP contribution in [0.5, 0.6) is 0 Å². The van der Waals surface area contributed by atoms with Crippen molar-refractivity contribution >= 4 is 50.5 Å². The summed E-state index contributed by atoms with van der Waals surface area (Å²) in [4.78, 5) is 0. The number of rotatable bonds is 0. The van der Waals surface area contributed by atoms with Crippen LogP contribution in [0.3, 0.4) is 0 Å². The molecule has 12 heteroatoms. The molecule has 0 aromatic rings. The third kappa shape index (κ3) is 284. The SMILES string of the molecule is O.O.O.O.O.O.[O]=[BiH].[O]=[Pb].[V].[Zn]. The Morgan fingerprint density at radius 1 is 0.667 bits per heavy atom. The van der Waals surface area contributed by atoms with E-state index in [2.05, 4.69) is 0 Å². The third-order valence-corrected chi connectivity index (χ3v) is 0. The van der Waals surface area contributed by atoms with Crippen LogP contribution in [-0.2, 0) is 43.5 Å². The molecule has 0 saturated carbocycles. The first-order chi connectivity index (χ1) is 2.00. The fraction of sp³-hybridized carbons (Fsp3) is 0. The molecular formula is H13BiO8PbVZn. The van der Waals surface area contributed by atoms with Crippen LogP contribution in [0.4, 0.5) is 0 Å². The zero-order valence-electron chi connectivity index (χ0n) is 5.97. The molecule has 0 amide bonds. The Kier molecular flexibility index (Phi) is 4070. The van der Waals surface area contributed by atoms with E-state index in [1.807, 2.05) is 0 Å². The molecule has 0 rings (SSSR count). The van der Waals surface area contributed by atoms with Gasteiger partial charge in [0.05, 0.1) is 0 Å². The van der Waals surface area contributed by atoms with Crippen LogP contribution in [0, 0.1) is 0 Å². The summed E-state index contributed by atoms with van der Waals surface area (Å²) in [5, 5.41) is 0. The van der Waals surface area contributed by atoms with Crippen molar-refractivity contribution in [1.29, 1.82) is 0 Å². The van der Waals surface area contributed by atoms with Crippen LogP contribution in [-0.4, -0.2) is 83.4 Å². The Morgan fingerprint density at radius 2 is 0.667 bits per heavy atom. The summed E-state index contributed by atoms with van der Waals surface area (Å²) in [6, 6.07) is 0. The van der Waals surface area contributed by atoms with Crippen molar-refractivity contribution in [1.82, 2.24) is 0 Å². The smallest absolute Gasteiger partial charge is 0 e. The Labute approximate surface area is 125 Å². The van der Waals surface area contributed by atoms with Gasteiger partial charge in [-0.25, -0.2) is 0 Å². The van der Waals surface area contributed by atoms with Gasteiger partial charge < -0.3 is 32.9 Å². The molecule has 0 spiro atoms. The molecule has 8 nitrogen and oxygen atoms in total. The molecular weight excluding hydrogens is 661 g/mol. The van der Waals surface area contributed by atoms with Gasteiger partial charge in [-0.15, -0.1) is 0 Å². The zero-order chi connectivity index (χ0) is 4.00. The molecule has 0 fully saturated rings. The summed E-state index contributed by atoms with van der Waals surface area (Å²) < 4.78 is 16.8. The number of hydrogen-bond acceptors (Lipinski definition) is 2. The largest absolute Gasteiger partial charge is 0 e. The molecule has 0 aliphatic rings. The maximum Gasteiger partial charge on any atom is 0 e. The van der Waals surface area contributed by atoms with Crippen LogP contribution in [0.25, 0.3) is 0 Å². The molecule has 3 radical (unpaired) electrons. The molecule has 0 atom stereocenters. The first-order valence-electron chi connectivity index (χ1n) is 0.408. The monoisotopic (exact) mass is 673 g/mol. The normalized spacial score (nSPS) is 0.667. The summed E-state index contributed by atoms with van der Waals surface area (Å²) in [6.07, 6.45) is 0. The van der Waals surface area contributed by atoms with E-state index in [1.54, 1.807) is 0 Å². The molecule has 12 N–H and O–H groups in total. The van der Waals surface area contributed by atoms with Crippen molar-refractivity contribution in [2.75, 3.05) is 0 Å². The van der Waals surface area contributed by atoms with Crippen molar-refractivity contribution in [3.63, 3.8) is 0 Å². The molecule has 0 unspecified atom stereocenters. The van der Waals surface area contributed by atoms with Crippen LogP contribution in [0.15, 0.2) is 0 Å². The van der Waals surface area contributed by atoms with Gasteiger partial charge in [-0.1, -0.05) is 0 Å². The van der Waals surface area contributed by atoms with Gasteiger partial charge in [0.25, 0.3) is 0 Å². The van der Waals surface area contributed by atoms with E-state index in [-0.39, 0.29) is 121 Å². The van der Waals surface area contributed by atoms with E-state index in [1.165, 1.54) is 0 Å². The second-order valence-corrected chi connectivity index (χ2v) is 0. The van der Waals surface area contributed by atoms with Gasteiger partial charge in [0.15, 0.2) is 0 Å². The van der Waals surface area contributed by atoms with Gasteiger partial charge in [-0.05, 0) is 0 Å². The average Bonchev–Trinajstić information content (AvgIpc) is 1.50. The Hall–Kier alpha value is 2.37. The van der Waals surface area contributed by atoms with E-state index >= 15 is 0 Å². The van der Waals surface area contributed by atoms with Crippen LogP contribution >= 0.6 is 0 Å². The predicted octanol–water partition coefficient (Wildman–Crippen LogP) is -6.22. The van der Waals surface area contributed by atoms with Crippen LogP contribution in [0.1, 0.15) is 0 Å². The molecule has 0 heterocycles. The molecule has 0 aliphatic carbocycles. The van der Waals surface area contributed by atoms with Gasteiger partial charge in [-0.3, -0.25) is 0 Å². The first kappa shape index (κ1) is 134. The van der Waals surface area contributed by atoms with E-state index < -0.39 is 0 Å². The summed E-state index contributed by atoms with van der Waals surface area (Å²) in [7, 11) is 0. The maximum absolute atomic E-state index is 8.39. The van der Waals surface area contributed by atoms with Crippen molar-refractivity contribution in [2.45, 2.75) is 0 Å². The third-order valence-electron chi connectivity index (χ3n) is 0. The zero-order valence-corrected chi connectivity index (χ0v) is 18.1. The minimum absolute atomic E-state index is 0. The topological polar surface area (TPSA) is 223 Å². The molecule has 0 saturated heterocycles. The van der Waals surface area contributed by atoms with Crippen LogP contribution < -0.4 is 0 Å². The molecule has 77 valence electrons. The van der Waals surface area contributed by atoms with Gasteiger partial charge in [0.1, 0.15) is 0 Å².